The highest BCUT2D eigenvalue weighted by molar-refractivity contribution is 5.98. The minimum Gasteiger partial charge on any atom is -0.294 e. The van der Waals surface area contributed by atoms with Gasteiger partial charge in [-0.1, -0.05) is 50.2 Å². The van der Waals surface area contributed by atoms with Gasteiger partial charge in [0.1, 0.15) is 0 Å². The lowest BCUT2D eigenvalue weighted by molar-refractivity contribution is 0.0927. The van der Waals surface area contributed by atoms with Crippen molar-refractivity contribution in [1.82, 2.24) is 0 Å². The fourth-order valence-electron chi connectivity index (χ4n) is 2.03. The number of hydrogen-bond acceptors (Lipinski definition) is 2. The number of hydrogen-bond donors (Lipinski definition) is 0. The van der Waals surface area contributed by atoms with E-state index in [0.717, 1.165) is 23.1 Å². The summed E-state index contributed by atoms with van der Waals surface area (Å²) in [6, 6.07) is 17.2. The third-order valence-electron chi connectivity index (χ3n) is 3.58. The molecule has 1 unspecified atom stereocenters. The summed E-state index contributed by atoms with van der Waals surface area (Å²) in [7, 11) is 0. The fourth-order valence-corrected chi connectivity index (χ4v) is 2.03. The SMILES string of the molecule is CCC(C)C(=O)c1ccc(-c2ccc(C#N)cc2)cc1. The summed E-state index contributed by atoms with van der Waals surface area (Å²) < 4.78 is 0. The Bertz CT molecular complexity index is 633. The van der Waals surface area contributed by atoms with E-state index in [9.17, 15) is 4.79 Å². The van der Waals surface area contributed by atoms with Crippen LogP contribution >= 0.6 is 0 Å². The van der Waals surface area contributed by atoms with Gasteiger partial charge in [0.15, 0.2) is 5.78 Å². The van der Waals surface area contributed by atoms with Crippen LogP contribution in [0.1, 0.15) is 36.2 Å². The van der Waals surface area contributed by atoms with Crippen LogP contribution in [0.2, 0.25) is 0 Å². The number of benzene rings is 2. The van der Waals surface area contributed by atoms with Crippen molar-refractivity contribution < 1.29 is 4.79 Å². The van der Waals surface area contributed by atoms with Crippen LogP contribution in [0.15, 0.2) is 48.5 Å². The van der Waals surface area contributed by atoms with Crippen LogP contribution in [0.25, 0.3) is 11.1 Å². The Hall–Kier alpha value is -2.40. The van der Waals surface area contributed by atoms with Crippen molar-refractivity contribution in [1.29, 1.82) is 5.26 Å². The number of nitrogens with zero attached hydrogens (tertiary/aromatic N) is 1. The van der Waals surface area contributed by atoms with Gasteiger partial charge < -0.3 is 0 Å². The third kappa shape index (κ3) is 2.95. The van der Waals surface area contributed by atoms with Crippen molar-refractivity contribution >= 4 is 5.78 Å². The van der Waals surface area contributed by atoms with Crippen LogP contribution in [0.3, 0.4) is 0 Å². The van der Waals surface area contributed by atoms with Crippen LogP contribution < -0.4 is 0 Å². The van der Waals surface area contributed by atoms with Crippen molar-refractivity contribution in [2.24, 2.45) is 5.92 Å². The molecule has 2 heteroatoms. The third-order valence-corrected chi connectivity index (χ3v) is 3.58. The molecule has 0 amide bonds. The van der Waals surface area contributed by atoms with Gasteiger partial charge >= 0.3 is 0 Å². The molecule has 0 aliphatic heterocycles. The van der Waals surface area contributed by atoms with E-state index in [2.05, 4.69) is 6.07 Å². The van der Waals surface area contributed by atoms with E-state index < -0.39 is 0 Å². The molecular formula is C18H17NO. The van der Waals surface area contributed by atoms with Gasteiger partial charge in [-0.15, -0.1) is 0 Å². The standard InChI is InChI=1S/C18H17NO/c1-3-13(2)18(20)17-10-8-16(9-11-17)15-6-4-14(12-19)5-7-15/h4-11,13H,3H2,1-2H3. The van der Waals surface area contributed by atoms with E-state index in [1.807, 2.05) is 50.2 Å². The molecule has 0 N–H and O–H groups in total. The Morgan fingerprint density at radius 3 is 2.00 bits per heavy atom. The first-order chi connectivity index (χ1) is 9.65. The molecule has 0 saturated carbocycles. The van der Waals surface area contributed by atoms with E-state index in [-0.39, 0.29) is 11.7 Å². The monoisotopic (exact) mass is 263 g/mol. The molecular weight excluding hydrogens is 246 g/mol. The second-order valence-electron chi connectivity index (χ2n) is 4.94. The average Bonchev–Trinajstić information content (AvgIpc) is 2.53. The zero-order valence-corrected chi connectivity index (χ0v) is 11.8. The lowest BCUT2D eigenvalue weighted by Gasteiger charge is -2.08. The van der Waals surface area contributed by atoms with Crippen molar-refractivity contribution in [3.8, 4) is 17.2 Å². The molecule has 1 atom stereocenters. The molecule has 0 saturated heterocycles. The molecule has 20 heavy (non-hydrogen) atoms. The predicted octanol–water partition coefficient (Wildman–Crippen LogP) is 4.45. The van der Waals surface area contributed by atoms with Gasteiger partial charge in [0.25, 0.3) is 0 Å². The quantitative estimate of drug-likeness (QED) is 0.764. The molecule has 0 spiro atoms. The number of carbonyl (C=O) groups is 1. The summed E-state index contributed by atoms with van der Waals surface area (Å²) in [5.41, 5.74) is 3.51. The summed E-state index contributed by atoms with van der Waals surface area (Å²) in [6.45, 7) is 3.98. The van der Waals surface area contributed by atoms with Gasteiger partial charge in [-0.3, -0.25) is 4.79 Å². The van der Waals surface area contributed by atoms with E-state index in [1.54, 1.807) is 12.1 Å². The topological polar surface area (TPSA) is 40.9 Å². The van der Waals surface area contributed by atoms with Crippen LogP contribution in [0, 0.1) is 17.2 Å². The Labute approximate surface area is 119 Å². The summed E-state index contributed by atoms with van der Waals surface area (Å²) in [6.07, 6.45) is 0.857. The molecule has 0 heterocycles. The largest absolute Gasteiger partial charge is 0.294 e. The van der Waals surface area contributed by atoms with Crippen LogP contribution in [-0.2, 0) is 0 Å². The molecule has 2 aromatic carbocycles. The minimum atomic E-state index is 0.0655. The van der Waals surface area contributed by atoms with Gasteiger partial charge in [-0.2, -0.15) is 5.26 Å². The highest BCUT2D eigenvalue weighted by Crippen LogP contribution is 2.21. The van der Waals surface area contributed by atoms with Gasteiger partial charge in [0.2, 0.25) is 0 Å². The van der Waals surface area contributed by atoms with Gasteiger partial charge in [-0.05, 0) is 29.7 Å². The maximum absolute atomic E-state index is 12.1. The predicted molar refractivity (Wildman–Crippen MR) is 80.4 cm³/mol. The summed E-state index contributed by atoms with van der Waals surface area (Å²) in [5.74, 6) is 0.259. The van der Waals surface area contributed by atoms with Crippen molar-refractivity contribution in [3.63, 3.8) is 0 Å². The van der Waals surface area contributed by atoms with Crippen LogP contribution in [-0.4, -0.2) is 5.78 Å². The number of carbonyl (C=O) groups excluding carboxylic acids is 1. The molecule has 0 aliphatic carbocycles. The van der Waals surface area contributed by atoms with Gasteiger partial charge in [0.05, 0.1) is 11.6 Å². The second kappa shape index (κ2) is 6.16. The van der Waals surface area contributed by atoms with Gasteiger partial charge in [-0.25, -0.2) is 0 Å². The lowest BCUT2D eigenvalue weighted by Crippen LogP contribution is -2.09. The molecule has 2 nitrogen and oxygen atoms in total. The molecule has 0 bridgehead atoms. The first-order valence-electron chi connectivity index (χ1n) is 6.80. The maximum Gasteiger partial charge on any atom is 0.165 e. The summed E-state index contributed by atoms with van der Waals surface area (Å²) in [4.78, 5) is 12.1. The zero-order valence-electron chi connectivity index (χ0n) is 11.8. The Morgan fingerprint density at radius 1 is 1.05 bits per heavy atom. The summed E-state index contributed by atoms with van der Waals surface area (Å²) >= 11 is 0. The van der Waals surface area contributed by atoms with E-state index in [4.69, 9.17) is 5.26 Å². The lowest BCUT2D eigenvalue weighted by atomic mass is 9.95. The summed E-state index contributed by atoms with van der Waals surface area (Å²) in [5, 5.41) is 8.78. The zero-order chi connectivity index (χ0) is 14.5. The Balaban J connectivity index is 2.23. The highest BCUT2D eigenvalue weighted by atomic mass is 16.1. The second-order valence-corrected chi connectivity index (χ2v) is 4.94. The molecule has 0 aliphatic rings. The molecule has 0 fully saturated rings. The number of rotatable bonds is 4. The minimum absolute atomic E-state index is 0.0655. The van der Waals surface area contributed by atoms with Crippen molar-refractivity contribution in [2.45, 2.75) is 20.3 Å². The number of nitriles is 1. The fraction of sp³-hybridized carbons (Fsp3) is 0.222. The normalized spacial score (nSPS) is 11.7. The Morgan fingerprint density at radius 2 is 1.55 bits per heavy atom. The molecule has 0 aromatic heterocycles. The highest BCUT2D eigenvalue weighted by Gasteiger charge is 2.12. The molecule has 2 rings (SSSR count). The number of ketones is 1. The Kier molecular flexibility index (Phi) is 4.32. The molecule has 0 radical (unpaired) electrons. The van der Waals surface area contributed by atoms with Crippen molar-refractivity contribution in [2.75, 3.05) is 0 Å². The smallest absolute Gasteiger partial charge is 0.165 e. The van der Waals surface area contributed by atoms with E-state index in [0.29, 0.717) is 5.56 Å². The first kappa shape index (κ1) is 14.0. The molecule has 100 valence electrons. The first-order valence-corrected chi connectivity index (χ1v) is 6.80. The van der Waals surface area contributed by atoms with Crippen LogP contribution in [0.4, 0.5) is 0 Å². The maximum atomic E-state index is 12.1. The van der Waals surface area contributed by atoms with Gasteiger partial charge in [0, 0.05) is 11.5 Å². The average molecular weight is 263 g/mol. The van der Waals surface area contributed by atoms with Crippen LogP contribution in [0.5, 0.6) is 0 Å². The van der Waals surface area contributed by atoms with Crippen molar-refractivity contribution in [3.05, 3.63) is 59.7 Å². The van der Waals surface area contributed by atoms with E-state index >= 15 is 0 Å². The number of Topliss-reactive ketones (excluding diaryl/α,β-unsaturated/α-hetero) is 1. The molecule has 2 aromatic rings. The van der Waals surface area contributed by atoms with E-state index in [1.165, 1.54) is 0 Å².